The Balaban J connectivity index is 2.62. The van der Waals surface area contributed by atoms with Crippen molar-refractivity contribution < 1.29 is 19.1 Å². The smallest absolute Gasteiger partial charge is 0.408 e. The average Bonchev–Trinajstić information content (AvgIpc) is 2.82. The molecule has 1 rings (SSSR count). The van der Waals surface area contributed by atoms with Gasteiger partial charge in [0, 0.05) is 6.42 Å². The van der Waals surface area contributed by atoms with Crippen LogP contribution in [0.25, 0.3) is 0 Å². The third-order valence-electron chi connectivity index (χ3n) is 3.94. The first kappa shape index (κ1) is 20.5. The molecule has 1 amide bonds. The second-order valence-corrected chi connectivity index (χ2v) is 8.02. The number of cyclic esters (lactones) is 1. The molecule has 0 aromatic carbocycles. The molecule has 138 valence electrons. The van der Waals surface area contributed by atoms with Crippen molar-refractivity contribution in [3.63, 3.8) is 0 Å². The van der Waals surface area contributed by atoms with Gasteiger partial charge in [-0.05, 0) is 66.2 Å². The largest absolute Gasteiger partial charge is 0.460 e. The fraction of sp³-hybridized carbons (Fsp3) is 0.789. The van der Waals surface area contributed by atoms with Crippen molar-refractivity contribution in [2.75, 3.05) is 0 Å². The number of allylic oxidation sites excluding steroid dienone is 2. The molecule has 5 heteroatoms. The lowest BCUT2D eigenvalue weighted by Crippen LogP contribution is -2.46. The zero-order valence-electron chi connectivity index (χ0n) is 16.0. The molecule has 0 radical (unpaired) electrons. The van der Waals surface area contributed by atoms with E-state index in [0.717, 1.165) is 19.3 Å². The fourth-order valence-corrected chi connectivity index (χ4v) is 2.80. The molecule has 1 aliphatic heterocycles. The monoisotopic (exact) mass is 339 g/mol. The van der Waals surface area contributed by atoms with Crippen LogP contribution in [0.4, 0.5) is 4.79 Å². The zero-order valence-corrected chi connectivity index (χ0v) is 16.0. The van der Waals surface area contributed by atoms with Crippen LogP contribution < -0.4 is 5.32 Å². The standard InChI is InChI=1S/C19H33NO4/c1-13(2)8-7-9-14(3)12-15(16-10-11-17(21)23-16)20-18(22)24-19(4,5)6/h8,14-16H,7,9-12H2,1-6H3,(H,20,22)/t14-,15?,16?/m1/s1. The van der Waals surface area contributed by atoms with Gasteiger partial charge < -0.3 is 14.8 Å². The Morgan fingerprint density at radius 1 is 1.42 bits per heavy atom. The summed E-state index contributed by atoms with van der Waals surface area (Å²) in [5.41, 5.74) is 0.770. The van der Waals surface area contributed by atoms with Gasteiger partial charge in [-0.3, -0.25) is 4.79 Å². The van der Waals surface area contributed by atoms with Crippen LogP contribution in [0.1, 0.15) is 73.6 Å². The average molecular weight is 339 g/mol. The van der Waals surface area contributed by atoms with Gasteiger partial charge in [0.15, 0.2) is 0 Å². The highest BCUT2D eigenvalue weighted by molar-refractivity contribution is 5.72. The van der Waals surface area contributed by atoms with Gasteiger partial charge in [0.25, 0.3) is 0 Å². The molecule has 24 heavy (non-hydrogen) atoms. The maximum atomic E-state index is 12.1. The van der Waals surface area contributed by atoms with E-state index in [-0.39, 0.29) is 18.1 Å². The number of rotatable bonds is 7. The molecular formula is C19H33NO4. The van der Waals surface area contributed by atoms with Gasteiger partial charge >= 0.3 is 12.1 Å². The van der Waals surface area contributed by atoms with Crippen molar-refractivity contribution in [1.82, 2.24) is 5.32 Å². The molecule has 1 saturated heterocycles. The Morgan fingerprint density at radius 3 is 2.58 bits per heavy atom. The van der Waals surface area contributed by atoms with Crippen molar-refractivity contribution in [2.45, 2.75) is 91.4 Å². The lowest BCUT2D eigenvalue weighted by Gasteiger charge is -2.28. The minimum Gasteiger partial charge on any atom is -0.460 e. The summed E-state index contributed by atoms with van der Waals surface area (Å²) in [6, 6.07) is -0.201. The normalized spacial score (nSPS) is 20.1. The molecule has 3 atom stereocenters. The molecular weight excluding hydrogens is 306 g/mol. The number of hydrogen-bond donors (Lipinski definition) is 1. The van der Waals surface area contributed by atoms with Crippen molar-refractivity contribution in [1.29, 1.82) is 0 Å². The van der Waals surface area contributed by atoms with E-state index in [2.05, 4.69) is 32.2 Å². The van der Waals surface area contributed by atoms with Gasteiger partial charge in [-0.2, -0.15) is 0 Å². The number of ether oxygens (including phenoxy) is 2. The second-order valence-electron chi connectivity index (χ2n) is 8.02. The predicted molar refractivity (Wildman–Crippen MR) is 94.7 cm³/mol. The third kappa shape index (κ3) is 8.37. The highest BCUT2D eigenvalue weighted by Crippen LogP contribution is 2.24. The number of nitrogens with one attached hydrogen (secondary N) is 1. The number of hydrogen-bond acceptors (Lipinski definition) is 4. The summed E-state index contributed by atoms with van der Waals surface area (Å²) < 4.78 is 10.7. The molecule has 2 unspecified atom stereocenters. The highest BCUT2D eigenvalue weighted by Gasteiger charge is 2.33. The summed E-state index contributed by atoms with van der Waals surface area (Å²) in [5, 5.41) is 2.91. The minimum absolute atomic E-state index is 0.187. The van der Waals surface area contributed by atoms with Gasteiger partial charge in [0.05, 0.1) is 6.04 Å². The van der Waals surface area contributed by atoms with Crippen LogP contribution in [0.5, 0.6) is 0 Å². The van der Waals surface area contributed by atoms with Crippen molar-refractivity contribution >= 4 is 12.1 Å². The van der Waals surface area contributed by atoms with Crippen LogP contribution in [-0.2, 0) is 14.3 Å². The molecule has 0 spiro atoms. The number of esters is 1. The molecule has 0 aliphatic carbocycles. The summed E-state index contributed by atoms with van der Waals surface area (Å²) >= 11 is 0. The number of carbonyl (C=O) groups is 2. The Morgan fingerprint density at radius 2 is 2.08 bits per heavy atom. The lowest BCUT2D eigenvalue weighted by atomic mass is 9.93. The summed E-state index contributed by atoms with van der Waals surface area (Å²) in [4.78, 5) is 23.5. The van der Waals surface area contributed by atoms with Crippen LogP contribution in [0.3, 0.4) is 0 Å². The van der Waals surface area contributed by atoms with Crippen molar-refractivity contribution in [2.24, 2.45) is 5.92 Å². The Hall–Kier alpha value is -1.52. The lowest BCUT2D eigenvalue weighted by molar-refractivity contribution is -0.142. The number of carbonyl (C=O) groups excluding carboxylic acids is 2. The zero-order chi connectivity index (χ0) is 18.3. The Kier molecular flexibility index (Phi) is 7.77. The molecule has 1 heterocycles. The first-order valence-electron chi connectivity index (χ1n) is 8.89. The minimum atomic E-state index is -0.546. The number of alkyl carbamates (subject to hydrolysis) is 1. The fourth-order valence-electron chi connectivity index (χ4n) is 2.80. The van der Waals surface area contributed by atoms with E-state index in [9.17, 15) is 9.59 Å². The molecule has 0 aromatic heterocycles. The first-order valence-corrected chi connectivity index (χ1v) is 8.89. The maximum absolute atomic E-state index is 12.1. The van der Waals surface area contributed by atoms with Crippen molar-refractivity contribution in [3.8, 4) is 0 Å². The predicted octanol–water partition coefficient (Wildman–Crippen LogP) is 4.36. The van der Waals surface area contributed by atoms with E-state index in [0.29, 0.717) is 18.8 Å². The summed E-state index contributed by atoms with van der Waals surface area (Å²) in [6.45, 7) is 11.8. The van der Waals surface area contributed by atoms with Gasteiger partial charge in [-0.15, -0.1) is 0 Å². The molecule has 1 aliphatic rings. The van der Waals surface area contributed by atoms with Crippen LogP contribution in [0.15, 0.2) is 11.6 Å². The van der Waals surface area contributed by atoms with E-state index >= 15 is 0 Å². The Bertz CT molecular complexity index is 460. The van der Waals surface area contributed by atoms with E-state index in [1.807, 2.05) is 20.8 Å². The van der Waals surface area contributed by atoms with Gasteiger partial charge in [0.2, 0.25) is 0 Å². The van der Waals surface area contributed by atoms with Crippen LogP contribution >= 0.6 is 0 Å². The van der Waals surface area contributed by atoms with E-state index in [1.165, 1.54) is 5.57 Å². The van der Waals surface area contributed by atoms with Gasteiger partial charge in [0.1, 0.15) is 11.7 Å². The first-order chi connectivity index (χ1) is 11.1. The molecule has 1 fully saturated rings. The van der Waals surface area contributed by atoms with E-state index < -0.39 is 11.7 Å². The molecule has 0 aromatic rings. The molecule has 0 saturated carbocycles. The second kappa shape index (κ2) is 9.09. The van der Waals surface area contributed by atoms with E-state index in [4.69, 9.17) is 9.47 Å². The molecule has 1 N–H and O–H groups in total. The van der Waals surface area contributed by atoms with Crippen LogP contribution in [-0.4, -0.2) is 29.8 Å². The van der Waals surface area contributed by atoms with Gasteiger partial charge in [-0.25, -0.2) is 4.79 Å². The molecule has 0 bridgehead atoms. The van der Waals surface area contributed by atoms with Gasteiger partial charge in [-0.1, -0.05) is 18.6 Å². The summed E-state index contributed by atoms with van der Waals surface area (Å²) in [5.74, 6) is 0.230. The summed E-state index contributed by atoms with van der Waals surface area (Å²) in [6.07, 6.45) is 5.42. The van der Waals surface area contributed by atoms with E-state index in [1.54, 1.807) is 0 Å². The van der Waals surface area contributed by atoms with Crippen LogP contribution in [0, 0.1) is 5.92 Å². The third-order valence-corrected chi connectivity index (χ3v) is 3.94. The highest BCUT2D eigenvalue weighted by atomic mass is 16.6. The Labute approximate surface area is 146 Å². The topological polar surface area (TPSA) is 64.6 Å². The summed E-state index contributed by atoms with van der Waals surface area (Å²) in [7, 11) is 0. The van der Waals surface area contributed by atoms with Crippen molar-refractivity contribution in [3.05, 3.63) is 11.6 Å². The van der Waals surface area contributed by atoms with Crippen LogP contribution in [0.2, 0.25) is 0 Å². The molecule has 5 nitrogen and oxygen atoms in total. The quantitative estimate of drug-likeness (QED) is 0.553. The maximum Gasteiger partial charge on any atom is 0.408 e. The SMILES string of the molecule is CC(C)=CCC[C@@H](C)CC(NC(=O)OC(C)(C)C)C1CCC(=O)O1. The number of amides is 1.